The number of esters is 1. The van der Waals surface area contributed by atoms with Crippen LogP contribution in [-0.2, 0) is 39.1 Å². The first-order valence-electron chi connectivity index (χ1n) is 18.4. The van der Waals surface area contributed by atoms with Crippen LogP contribution in [0.15, 0.2) is 90.1 Å². The molecule has 0 aliphatic heterocycles. The van der Waals surface area contributed by atoms with Gasteiger partial charge in [0.15, 0.2) is 0 Å². The van der Waals surface area contributed by atoms with Gasteiger partial charge in [0.25, 0.3) is 0 Å². The van der Waals surface area contributed by atoms with Crippen LogP contribution < -0.4 is 0 Å². The molecule has 2 unspecified atom stereocenters. The summed E-state index contributed by atoms with van der Waals surface area (Å²) >= 11 is 0. The van der Waals surface area contributed by atoms with Crippen LogP contribution >= 0.6 is 0 Å². The predicted octanol–water partition coefficient (Wildman–Crippen LogP) is 9.27. The van der Waals surface area contributed by atoms with Gasteiger partial charge in [-0.15, -0.1) is 5.16 Å². The number of aryl methyl sites for hydroxylation is 3. The largest absolute Gasteiger partial charge is 0.511 e. The number of hydrogen-bond donors (Lipinski definition) is 0. The van der Waals surface area contributed by atoms with E-state index in [0.717, 1.165) is 75.2 Å². The molecule has 6 rings (SSSR count). The average Bonchev–Trinajstić information content (AvgIpc) is 3.69. The topological polar surface area (TPSA) is 119 Å². The van der Waals surface area contributed by atoms with Gasteiger partial charge in [0.05, 0.1) is 34.2 Å². The van der Waals surface area contributed by atoms with Crippen LogP contribution in [0.4, 0.5) is 4.79 Å². The SMILES string of the molecule is C=NOCCC(C)CCOC(=O)OC(C)OC(=O)c1ccccc1-c1ccc(Cn2c(CCC)nc3c(C)cc(-c4nc5ccccc5n4C)cc32)cc1. The Labute approximate surface area is 315 Å². The van der Waals surface area contributed by atoms with Crippen LogP contribution in [0.3, 0.4) is 0 Å². The molecular weight excluding hydrogens is 683 g/mol. The van der Waals surface area contributed by atoms with Crippen molar-refractivity contribution in [1.82, 2.24) is 19.1 Å². The van der Waals surface area contributed by atoms with Gasteiger partial charge in [0, 0.05) is 39.2 Å². The van der Waals surface area contributed by atoms with Gasteiger partial charge in [0.1, 0.15) is 18.3 Å². The van der Waals surface area contributed by atoms with Crippen molar-refractivity contribution in [2.45, 2.75) is 66.2 Å². The minimum atomic E-state index is -1.15. The fourth-order valence-electron chi connectivity index (χ4n) is 6.66. The molecule has 0 fully saturated rings. The highest BCUT2D eigenvalue weighted by molar-refractivity contribution is 5.97. The van der Waals surface area contributed by atoms with Gasteiger partial charge in [-0.25, -0.2) is 19.6 Å². The molecule has 2 atom stereocenters. The van der Waals surface area contributed by atoms with Crippen LogP contribution in [0.5, 0.6) is 0 Å². The first kappa shape index (κ1) is 37.8. The molecule has 0 saturated carbocycles. The van der Waals surface area contributed by atoms with Crippen LogP contribution in [0.1, 0.15) is 67.3 Å². The van der Waals surface area contributed by atoms with Crippen LogP contribution in [-0.4, -0.2) is 57.4 Å². The standard InChI is InChI=1S/C43H47N5O6/c1-7-12-39-46-40-29(3)25-33(41-45-36-15-10-11-16-37(36)47(41)6)26-38(40)48(39)27-31-17-19-32(20-18-31)34-13-8-9-14-35(34)42(49)53-30(4)54-43(50)51-23-21-28(2)22-24-52-44-5/h8-11,13-20,25-26,28,30H,5,7,12,21-24,27H2,1-4,6H3. The lowest BCUT2D eigenvalue weighted by molar-refractivity contribution is -0.0824. The van der Waals surface area contributed by atoms with Gasteiger partial charge in [-0.3, -0.25) is 0 Å². The van der Waals surface area contributed by atoms with Gasteiger partial charge in [-0.2, -0.15) is 0 Å². The number of hydrogen-bond acceptors (Lipinski definition) is 9. The summed E-state index contributed by atoms with van der Waals surface area (Å²) in [5.41, 5.74) is 9.28. The maximum atomic E-state index is 13.3. The summed E-state index contributed by atoms with van der Waals surface area (Å²) in [7, 11) is 2.06. The molecule has 0 aliphatic carbocycles. The van der Waals surface area contributed by atoms with E-state index in [1.54, 1.807) is 12.1 Å². The van der Waals surface area contributed by atoms with E-state index in [-0.39, 0.29) is 12.5 Å². The van der Waals surface area contributed by atoms with Crippen LogP contribution in [0.25, 0.3) is 44.6 Å². The number of imidazole rings is 2. The number of benzene rings is 4. The zero-order valence-corrected chi connectivity index (χ0v) is 31.6. The Morgan fingerprint density at radius 1 is 0.870 bits per heavy atom. The molecule has 0 spiro atoms. The smallest absolute Gasteiger partial charge is 0.434 e. The highest BCUT2D eigenvalue weighted by Gasteiger charge is 2.21. The highest BCUT2D eigenvalue weighted by Crippen LogP contribution is 2.31. The maximum Gasteiger partial charge on any atom is 0.511 e. The zero-order chi connectivity index (χ0) is 38.2. The number of nitrogens with zero attached hydrogens (tertiary/aromatic N) is 5. The molecular formula is C43H47N5O6. The van der Waals surface area contributed by atoms with Crippen molar-refractivity contribution in [3.63, 3.8) is 0 Å². The lowest BCUT2D eigenvalue weighted by atomic mass is 9.98. The van der Waals surface area contributed by atoms with E-state index in [4.69, 9.17) is 29.0 Å². The molecule has 0 N–H and O–H groups in total. The lowest BCUT2D eigenvalue weighted by Gasteiger charge is -2.16. The van der Waals surface area contributed by atoms with E-state index in [9.17, 15) is 9.59 Å². The summed E-state index contributed by atoms with van der Waals surface area (Å²) in [6.07, 6.45) is 1.15. The summed E-state index contributed by atoms with van der Waals surface area (Å²) in [5, 5.41) is 3.37. The highest BCUT2D eigenvalue weighted by atomic mass is 16.8. The molecule has 0 aliphatic rings. The Morgan fingerprint density at radius 2 is 1.61 bits per heavy atom. The van der Waals surface area contributed by atoms with E-state index >= 15 is 0 Å². The van der Waals surface area contributed by atoms with E-state index in [1.807, 2.05) is 49.4 Å². The number of rotatable bonds is 16. The first-order valence-corrected chi connectivity index (χ1v) is 18.4. The summed E-state index contributed by atoms with van der Waals surface area (Å²) < 4.78 is 20.3. The Hall–Kier alpha value is -5.97. The molecule has 11 nitrogen and oxygen atoms in total. The molecule has 0 saturated heterocycles. The summed E-state index contributed by atoms with van der Waals surface area (Å²) in [5.74, 6) is 1.59. The van der Waals surface area contributed by atoms with E-state index in [2.05, 4.69) is 72.2 Å². The van der Waals surface area contributed by atoms with Gasteiger partial charge >= 0.3 is 12.1 Å². The number of para-hydroxylation sites is 2. The normalized spacial score (nSPS) is 12.4. The van der Waals surface area contributed by atoms with Gasteiger partial charge < -0.3 is 28.2 Å². The second-order valence-corrected chi connectivity index (χ2v) is 13.6. The van der Waals surface area contributed by atoms with Crippen molar-refractivity contribution in [2.24, 2.45) is 18.1 Å². The maximum absolute atomic E-state index is 13.3. The van der Waals surface area contributed by atoms with E-state index < -0.39 is 18.4 Å². The molecule has 0 bridgehead atoms. The van der Waals surface area contributed by atoms with Crippen molar-refractivity contribution >= 4 is 40.9 Å². The summed E-state index contributed by atoms with van der Waals surface area (Å²) in [4.78, 5) is 40.5. The Kier molecular flexibility index (Phi) is 12.1. The summed E-state index contributed by atoms with van der Waals surface area (Å²) in [6.45, 7) is 12.3. The second kappa shape index (κ2) is 17.2. The second-order valence-electron chi connectivity index (χ2n) is 13.6. The minimum absolute atomic E-state index is 0.168. The van der Waals surface area contributed by atoms with Crippen molar-refractivity contribution in [2.75, 3.05) is 13.2 Å². The Balaban J connectivity index is 1.16. The third-order valence-corrected chi connectivity index (χ3v) is 9.55. The van der Waals surface area contributed by atoms with Crippen LogP contribution in [0.2, 0.25) is 0 Å². The van der Waals surface area contributed by atoms with Crippen LogP contribution in [0, 0.1) is 12.8 Å². The van der Waals surface area contributed by atoms with Gasteiger partial charge in [-0.1, -0.05) is 68.4 Å². The predicted molar refractivity (Wildman–Crippen MR) is 210 cm³/mol. The van der Waals surface area contributed by atoms with Crippen molar-refractivity contribution < 1.29 is 28.6 Å². The minimum Gasteiger partial charge on any atom is -0.434 e. The van der Waals surface area contributed by atoms with E-state index in [0.29, 0.717) is 30.7 Å². The molecule has 280 valence electrons. The van der Waals surface area contributed by atoms with E-state index in [1.165, 1.54) is 6.92 Å². The quantitative estimate of drug-likeness (QED) is 0.0318. The zero-order valence-electron chi connectivity index (χ0n) is 31.6. The fraction of sp³-hybridized carbons (Fsp3) is 0.326. The first-order chi connectivity index (χ1) is 26.2. The molecule has 6 aromatic rings. The third kappa shape index (κ3) is 8.62. The number of fused-ring (bicyclic) bond motifs is 2. The van der Waals surface area contributed by atoms with Crippen molar-refractivity contribution in [3.8, 4) is 22.5 Å². The monoisotopic (exact) mass is 729 g/mol. The van der Waals surface area contributed by atoms with Gasteiger partial charge in [-0.05, 0) is 84.7 Å². The Morgan fingerprint density at radius 3 is 2.37 bits per heavy atom. The summed E-state index contributed by atoms with van der Waals surface area (Å²) in [6, 6.07) is 27.9. The molecule has 0 radical (unpaired) electrons. The molecule has 4 aromatic carbocycles. The molecule has 2 aromatic heterocycles. The fourth-order valence-corrected chi connectivity index (χ4v) is 6.66. The van der Waals surface area contributed by atoms with Gasteiger partial charge in [0.2, 0.25) is 6.29 Å². The third-order valence-electron chi connectivity index (χ3n) is 9.55. The molecule has 0 amide bonds. The molecule has 2 heterocycles. The number of aromatic nitrogens is 4. The molecule has 11 heteroatoms. The Bertz CT molecular complexity index is 2260. The average molecular weight is 730 g/mol. The number of carbonyl (C=O) groups excluding carboxylic acids is 2. The molecule has 54 heavy (non-hydrogen) atoms. The number of oxime groups is 1. The number of ether oxygens (including phenoxy) is 3. The lowest BCUT2D eigenvalue weighted by Crippen LogP contribution is -2.23. The number of carbonyl (C=O) groups is 2. The van der Waals surface area contributed by atoms with Crippen molar-refractivity contribution in [3.05, 3.63) is 107 Å². The van der Waals surface area contributed by atoms with Crippen molar-refractivity contribution in [1.29, 1.82) is 0 Å².